The van der Waals surface area contributed by atoms with Gasteiger partial charge in [0.25, 0.3) is 0 Å². The van der Waals surface area contributed by atoms with Crippen molar-refractivity contribution in [2.75, 3.05) is 19.5 Å². The van der Waals surface area contributed by atoms with E-state index in [0.717, 1.165) is 0 Å². The highest BCUT2D eigenvalue weighted by atomic mass is 16.5. The molecule has 1 N–H and O–H groups in total. The van der Waals surface area contributed by atoms with Crippen molar-refractivity contribution in [3.63, 3.8) is 0 Å². The molecule has 0 saturated heterocycles. The summed E-state index contributed by atoms with van der Waals surface area (Å²) in [6, 6.07) is 9.61. The van der Waals surface area contributed by atoms with Crippen molar-refractivity contribution in [1.29, 1.82) is 0 Å². The molecule has 0 aliphatic rings. The number of nitrogens with one attached hydrogen (secondary N) is 1. The Balaban J connectivity index is 1.85. The Morgan fingerprint density at radius 1 is 1.11 bits per heavy atom. The molecule has 0 atom stereocenters. The minimum atomic E-state index is -0.678. The van der Waals surface area contributed by atoms with Crippen LogP contribution in [-0.4, -0.2) is 30.5 Å². The molecule has 8 heteroatoms. The minimum Gasteiger partial charge on any atom is -0.497 e. The summed E-state index contributed by atoms with van der Waals surface area (Å²) in [5.41, 5.74) is 1.56. The molecule has 0 unspecified atom stereocenters. The number of methoxy groups -OCH3 is 2. The predicted octanol–water partition coefficient (Wildman–Crippen LogP) is 2.45. The second-order valence-electron chi connectivity index (χ2n) is 5.81. The van der Waals surface area contributed by atoms with Crippen molar-refractivity contribution >= 4 is 28.5 Å². The Morgan fingerprint density at radius 3 is 2.56 bits per heavy atom. The normalized spacial score (nSPS) is 10.6. The Kier molecular flexibility index (Phi) is 4.98. The molecule has 3 rings (SSSR count). The van der Waals surface area contributed by atoms with Crippen LogP contribution in [0.4, 0.5) is 5.69 Å². The fraction of sp³-hybridized carbons (Fsp3) is 0.211. The molecule has 1 aromatic heterocycles. The number of carbonyl (C=O) groups is 2. The smallest absolute Gasteiger partial charge is 0.420 e. The quantitative estimate of drug-likeness (QED) is 0.669. The Hall–Kier alpha value is -3.55. The summed E-state index contributed by atoms with van der Waals surface area (Å²) in [5, 5.41) is 2.70. The van der Waals surface area contributed by atoms with E-state index < -0.39 is 11.7 Å². The number of nitrogens with zero attached hydrogens (tertiary/aromatic N) is 1. The van der Waals surface area contributed by atoms with E-state index in [1.165, 1.54) is 31.8 Å². The molecule has 2 aromatic carbocycles. The molecule has 0 aliphatic carbocycles. The zero-order valence-corrected chi connectivity index (χ0v) is 15.1. The number of oxazole rings is 1. The first-order chi connectivity index (χ1) is 12.9. The molecule has 1 amide bonds. The summed E-state index contributed by atoms with van der Waals surface area (Å²) in [6.07, 6.45) is 0. The Bertz CT molecular complexity index is 1080. The minimum absolute atomic E-state index is 0.142. The van der Waals surface area contributed by atoms with E-state index in [4.69, 9.17) is 13.9 Å². The Morgan fingerprint density at radius 2 is 1.89 bits per heavy atom. The van der Waals surface area contributed by atoms with Crippen LogP contribution >= 0.6 is 0 Å². The first kappa shape index (κ1) is 18.2. The highest BCUT2D eigenvalue weighted by molar-refractivity contribution is 5.97. The van der Waals surface area contributed by atoms with Crippen molar-refractivity contribution in [3.05, 3.63) is 52.5 Å². The van der Waals surface area contributed by atoms with Crippen LogP contribution in [0.3, 0.4) is 0 Å². The van der Waals surface area contributed by atoms with E-state index in [1.807, 2.05) is 0 Å². The van der Waals surface area contributed by atoms with Crippen molar-refractivity contribution in [1.82, 2.24) is 4.57 Å². The highest BCUT2D eigenvalue weighted by Crippen LogP contribution is 2.29. The maximum Gasteiger partial charge on any atom is 0.420 e. The van der Waals surface area contributed by atoms with E-state index in [1.54, 1.807) is 30.3 Å². The van der Waals surface area contributed by atoms with Gasteiger partial charge in [0.1, 0.15) is 18.0 Å². The van der Waals surface area contributed by atoms with Crippen LogP contribution in [0.1, 0.15) is 17.3 Å². The maximum atomic E-state index is 12.4. The van der Waals surface area contributed by atoms with Gasteiger partial charge in [-0.25, -0.2) is 4.79 Å². The lowest BCUT2D eigenvalue weighted by atomic mass is 10.1. The molecule has 0 spiro atoms. The van der Waals surface area contributed by atoms with E-state index in [0.29, 0.717) is 28.3 Å². The van der Waals surface area contributed by atoms with E-state index >= 15 is 0 Å². The van der Waals surface area contributed by atoms with E-state index in [-0.39, 0.29) is 17.9 Å². The van der Waals surface area contributed by atoms with Gasteiger partial charge in [0, 0.05) is 11.6 Å². The van der Waals surface area contributed by atoms with Gasteiger partial charge in [-0.15, -0.1) is 0 Å². The second kappa shape index (κ2) is 7.36. The molecule has 27 heavy (non-hydrogen) atoms. The van der Waals surface area contributed by atoms with Gasteiger partial charge in [-0.05, 0) is 37.3 Å². The number of fused-ring (bicyclic) bond motifs is 1. The van der Waals surface area contributed by atoms with Gasteiger partial charge in [-0.2, -0.15) is 0 Å². The first-order valence-electron chi connectivity index (χ1n) is 8.09. The van der Waals surface area contributed by atoms with Gasteiger partial charge in [0.05, 0.1) is 25.4 Å². The fourth-order valence-corrected chi connectivity index (χ4v) is 2.67. The molecule has 140 valence electrons. The molecule has 3 aromatic rings. The SMILES string of the molecule is COc1ccc(NC(=O)Cn2c(=O)oc3cc(C(C)=O)ccc32)c(OC)c1. The number of benzene rings is 2. The van der Waals surface area contributed by atoms with Crippen molar-refractivity contribution < 1.29 is 23.5 Å². The summed E-state index contributed by atoms with van der Waals surface area (Å²) < 4.78 is 16.7. The second-order valence-corrected chi connectivity index (χ2v) is 5.81. The lowest BCUT2D eigenvalue weighted by Gasteiger charge is -2.11. The van der Waals surface area contributed by atoms with Gasteiger partial charge in [-0.1, -0.05) is 0 Å². The number of Topliss-reactive ketones (excluding diaryl/α,β-unsaturated/α-hetero) is 1. The van der Waals surface area contributed by atoms with Crippen LogP contribution in [0.15, 0.2) is 45.6 Å². The predicted molar refractivity (Wildman–Crippen MR) is 98.7 cm³/mol. The molecule has 0 saturated carbocycles. The average molecular weight is 370 g/mol. The number of anilines is 1. The third-order valence-corrected chi connectivity index (χ3v) is 4.06. The molecule has 0 fully saturated rings. The van der Waals surface area contributed by atoms with Gasteiger partial charge in [0.2, 0.25) is 5.91 Å². The number of hydrogen-bond donors (Lipinski definition) is 1. The van der Waals surface area contributed by atoms with Gasteiger partial charge >= 0.3 is 5.76 Å². The fourth-order valence-electron chi connectivity index (χ4n) is 2.67. The summed E-state index contributed by atoms with van der Waals surface area (Å²) >= 11 is 0. The molecular weight excluding hydrogens is 352 g/mol. The van der Waals surface area contributed by atoms with Gasteiger partial charge in [0.15, 0.2) is 11.4 Å². The standard InChI is InChI=1S/C19H18N2O6/c1-11(22)12-4-7-15-17(8-12)27-19(24)21(15)10-18(23)20-14-6-5-13(25-2)9-16(14)26-3/h4-9H,10H2,1-3H3,(H,20,23). The van der Waals surface area contributed by atoms with Crippen molar-refractivity contribution in [3.8, 4) is 11.5 Å². The first-order valence-corrected chi connectivity index (χ1v) is 8.09. The monoisotopic (exact) mass is 370 g/mol. The van der Waals surface area contributed by atoms with Crippen molar-refractivity contribution in [2.45, 2.75) is 13.5 Å². The number of carbonyl (C=O) groups excluding carboxylic acids is 2. The zero-order chi connectivity index (χ0) is 19.6. The summed E-state index contributed by atoms with van der Waals surface area (Å²) in [7, 11) is 3.01. The number of amides is 1. The molecule has 0 bridgehead atoms. The molecule has 1 heterocycles. The van der Waals surface area contributed by atoms with Gasteiger partial charge < -0.3 is 19.2 Å². The summed E-state index contributed by atoms with van der Waals surface area (Å²) in [6.45, 7) is 1.17. The molecule has 0 aliphatic heterocycles. The van der Waals surface area contributed by atoms with Crippen LogP contribution in [0.5, 0.6) is 11.5 Å². The largest absolute Gasteiger partial charge is 0.497 e. The number of ketones is 1. The molecule has 8 nitrogen and oxygen atoms in total. The van der Waals surface area contributed by atoms with Crippen LogP contribution in [0.2, 0.25) is 0 Å². The van der Waals surface area contributed by atoms with Gasteiger partial charge in [-0.3, -0.25) is 14.2 Å². The molecular formula is C19H18N2O6. The number of rotatable bonds is 6. The number of hydrogen-bond acceptors (Lipinski definition) is 6. The van der Waals surface area contributed by atoms with Crippen LogP contribution < -0.4 is 20.5 Å². The zero-order valence-electron chi connectivity index (χ0n) is 15.1. The molecule has 0 radical (unpaired) electrons. The summed E-state index contributed by atoms with van der Waals surface area (Å²) in [5.74, 6) is -0.237. The Labute approximate surface area is 154 Å². The number of ether oxygens (including phenoxy) is 2. The lowest BCUT2D eigenvalue weighted by molar-refractivity contribution is -0.116. The summed E-state index contributed by atoms with van der Waals surface area (Å²) in [4.78, 5) is 36.0. The lowest BCUT2D eigenvalue weighted by Crippen LogP contribution is -2.25. The highest BCUT2D eigenvalue weighted by Gasteiger charge is 2.15. The van der Waals surface area contributed by atoms with Crippen molar-refractivity contribution in [2.24, 2.45) is 0 Å². The van der Waals surface area contributed by atoms with E-state index in [2.05, 4.69) is 5.32 Å². The topological polar surface area (TPSA) is 99.8 Å². The third kappa shape index (κ3) is 3.69. The average Bonchev–Trinajstić information content (AvgIpc) is 2.96. The van der Waals surface area contributed by atoms with E-state index in [9.17, 15) is 14.4 Å². The third-order valence-electron chi connectivity index (χ3n) is 4.06. The maximum absolute atomic E-state index is 12.4. The van der Waals surface area contributed by atoms with Crippen LogP contribution in [0, 0.1) is 0 Å². The number of aromatic nitrogens is 1. The van der Waals surface area contributed by atoms with Crippen LogP contribution in [-0.2, 0) is 11.3 Å². The van der Waals surface area contributed by atoms with Crippen LogP contribution in [0.25, 0.3) is 11.1 Å².